The average Bonchev–Trinajstić information content (AvgIpc) is 2.16. The van der Waals surface area contributed by atoms with E-state index in [1.54, 1.807) is 0 Å². The fourth-order valence-electron chi connectivity index (χ4n) is 1.19. The van der Waals surface area contributed by atoms with Crippen molar-refractivity contribution in [3.8, 4) is 0 Å². The Morgan fingerprint density at radius 2 is 1.94 bits per heavy atom. The molecule has 0 spiro atoms. The summed E-state index contributed by atoms with van der Waals surface area (Å²) in [4.78, 5) is 0.299. The minimum absolute atomic E-state index is 0.189. The maximum absolute atomic E-state index is 12.9. The molecule has 1 nitrogen and oxygen atoms in total. The van der Waals surface area contributed by atoms with Crippen LogP contribution in [-0.2, 0) is 6.18 Å². The molecule has 0 aromatic heterocycles. The highest BCUT2D eigenvalue weighted by Crippen LogP contribution is 2.32. The van der Waals surface area contributed by atoms with E-state index in [0.29, 0.717) is 17.4 Å². The fraction of sp³-hybridized carbons (Fsp3) is 0.300. The third-order valence-electron chi connectivity index (χ3n) is 1.97. The molecule has 6 heteroatoms. The lowest BCUT2D eigenvalue weighted by atomic mass is 10.1. The summed E-state index contributed by atoms with van der Waals surface area (Å²) in [5, 5.41) is 0. The topological polar surface area (TPSA) is 26.0 Å². The lowest BCUT2D eigenvalue weighted by Gasteiger charge is -2.10. The number of hydrogen-bond donors (Lipinski definition) is 1. The Bertz CT molecular complexity index is 400. The quantitative estimate of drug-likeness (QED) is 0.508. The SMILES string of the molecule is NCCC(=S)c1ccc(F)c(C(F)(F)F)c1. The van der Waals surface area contributed by atoms with Gasteiger partial charge in [-0.15, -0.1) is 0 Å². The van der Waals surface area contributed by atoms with Crippen molar-refractivity contribution in [3.63, 3.8) is 0 Å². The highest BCUT2D eigenvalue weighted by atomic mass is 32.1. The molecule has 1 aromatic rings. The van der Waals surface area contributed by atoms with E-state index in [1.807, 2.05) is 0 Å². The second-order valence-electron chi connectivity index (χ2n) is 3.15. The van der Waals surface area contributed by atoms with Gasteiger partial charge >= 0.3 is 6.18 Å². The molecule has 0 saturated carbocycles. The molecule has 0 bridgehead atoms. The number of rotatable bonds is 3. The largest absolute Gasteiger partial charge is 0.419 e. The molecular formula is C10H9F4NS. The Hall–Kier alpha value is -1.01. The number of benzene rings is 1. The van der Waals surface area contributed by atoms with Crippen molar-refractivity contribution in [3.05, 3.63) is 35.1 Å². The molecule has 0 aliphatic heterocycles. The van der Waals surface area contributed by atoms with E-state index in [2.05, 4.69) is 0 Å². The van der Waals surface area contributed by atoms with Crippen LogP contribution in [0.2, 0.25) is 0 Å². The predicted octanol–water partition coefficient (Wildman–Crippen LogP) is 2.91. The van der Waals surface area contributed by atoms with Gasteiger partial charge in [0.05, 0.1) is 5.56 Å². The van der Waals surface area contributed by atoms with Gasteiger partial charge in [0.15, 0.2) is 0 Å². The van der Waals surface area contributed by atoms with E-state index in [-0.39, 0.29) is 12.1 Å². The highest BCUT2D eigenvalue weighted by Gasteiger charge is 2.34. The number of thiocarbonyl (C=S) groups is 1. The van der Waals surface area contributed by atoms with Crippen molar-refractivity contribution in [1.29, 1.82) is 0 Å². The van der Waals surface area contributed by atoms with Crippen LogP contribution < -0.4 is 5.73 Å². The van der Waals surface area contributed by atoms with Gasteiger partial charge in [-0.3, -0.25) is 0 Å². The molecule has 0 amide bonds. The molecule has 1 aromatic carbocycles. The summed E-state index contributed by atoms with van der Waals surface area (Å²) < 4.78 is 50.0. The van der Waals surface area contributed by atoms with Crippen LogP contribution in [0.1, 0.15) is 17.5 Å². The van der Waals surface area contributed by atoms with Crippen molar-refractivity contribution in [1.82, 2.24) is 0 Å². The molecule has 88 valence electrons. The van der Waals surface area contributed by atoms with E-state index in [9.17, 15) is 17.6 Å². The van der Waals surface area contributed by atoms with E-state index in [4.69, 9.17) is 18.0 Å². The molecule has 0 aliphatic rings. The molecule has 2 N–H and O–H groups in total. The number of alkyl halides is 3. The zero-order valence-electron chi connectivity index (χ0n) is 8.14. The van der Waals surface area contributed by atoms with Crippen LogP contribution in [0.3, 0.4) is 0 Å². The molecule has 0 radical (unpaired) electrons. The van der Waals surface area contributed by atoms with E-state index >= 15 is 0 Å². The fourth-order valence-corrected chi connectivity index (χ4v) is 1.44. The van der Waals surface area contributed by atoms with Crippen molar-refractivity contribution < 1.29 is 17.6 Å². The minimum Gasteiger partial charge on any atom is -0.330 e. The molecule has 0 fully saturated rings. The summed E-state index contributed by atoms with van der Waals surface area (Å²) in [6, 6.07) is 2.71. The van der Waals surface area contributed by atoms with Gasteiger partial charge in [0.25, 0.3) is 0 Å². The van der Waals surface area contributed by atoms with Crippen molar-refractivity contribution in [2.24, 2.45) is 5.73 Å². The Kier molecular flexibility index (Phi) is 3.98. The monoisotopic (exact) mass is 251 g/mol. The average molecular weight is 251 g/mol. The molecule has 0 unspecified atom stereocenters. The van der Waals surface area contributed by atoms with Gasteiger partial charge in [-0.1, -0.05) is 18.3 Å². The van der Waals surface area contributed by atoms with Gasteiger partial charge in [0.1, 0.15) is 5.82 Å². The molecular weight excluding hydrogens is 242 g/mol. The first-order valence-electron chi connectivity index (χ1n) is 4.46. The van der Waals surface area contributed by atoms with Gasteiger partial charge in [-0.25, -0.2) is 4.39 Å². The molecule has 0 heterocycles. The van der Waals surface area contributed by atoms with Crippen molar-refractivity contribution in [2.45, 2.75) is 12.6 Å². The van der Waals surface area contributed by atoms with Crippen LogP contribution in [0, 0.1) is 5.82 Å². The van der Waals surface area contributed by atoms with E-state index in [0.717, 1.165) is 6.07 Å². The predicted molar refractivity (Wildman–Crippen MR) is 56.8 cm³/mol. The summed E-state index contributed by atoms with van der Waals surface area (Å²) >= 11 is 4.88. The molecule has 0 atom stereocenters. The Morgan fingerprint density at radius 3 is 2.44 bits per heavy atom. The van der Waals surface area contributed by atoms with Gasteiger partial charge in [-0.2, -0.15) is 13.2 Å². The Balaban J connectivity index is 3.13. The van der Waals surface area contributed by atoms with Crippen LogP contribution in [0.15, 0.2) is 18.2 Å². The minimum atomic E-state index is -4.71. The highest BCUT2D eigenvalue weighted by molar-refractivity contribution is 7.80. The summed E-state index contributed by atoms with van der Waals surface area (Å²) in [6.07, 6.45) is -4.41. The first-order chi connectivity index (χ1) is 7.36. The summed E-state index contributed by atoms with van der Waals surface area (Å²) in [6.45, 7) is 0.248. The molecule has 0 saturated heterocycles. The van der Waals surface area contributed by atoms with Crippen LogP contribution in [-0.4, -0.2) is 11.4 Å². The second kappa shape index (κ2) is 4.88. The van der Waals surface area contributed by atoms with Gasteiger partial charge in [0.2, 0.25) is 0 Å². The molecule has 0 aliphatic carbocycles. The standard InChI is InChI=1S/C10H9F4NS/c11-8-2-1-6(9(16)3-4-15)5-7(8)10(12,13)14/h1-2,5H,3-4,15H2. The van der Waals surface area contributed by atoms with Crippen LogP contribution in [0.5, 0.6) is 0 Å². The summed E-state index contributed by atoms with van der Waals surface area (Å²) in [5.74, 6) is -1.30. The zero-order chi connectivity index (χ0) is 12.3. The normalized spacial score (nSPS) is 11.6. The zero-order valence-corrected chi connectivity index (χ0v) is 8.96. The Labute approximate surface area is 95.3 Å². The van der Waals surface area contributed by atoms with Gasteiger partial charge in [0, 0.05) is 4.86 Å². The van der Waals surface area contributed by atoms with Crippen molar-refractivity contribution >= 4 is 17.1 Å². The Morgan fingerprint density at radius 1 is 1.31 bits per heavy atom. The number of nitrogens with two attached hydrogens (primary N) is 1. The smallest absolute Gasteiger partial charge is 0.330 e. The van der Waals surface area contributed by atoms with E-state index < -0.39 is 17.6 Å². The van der Waals surface area contributed by atoms with Crippen molar-refractivity contribution in [2.75, 3.05) is 6.54 Å². The lowest BCUT2D eigenvalue weighted by molar-refractivity contribution is -0.140. The first kappa shape index (κ1) is 13.1. The molecule has 1 rings (SSSR count). The summed E-state index contributed by atoms with van der Waals surface area (Å²) in [5.41, 5.74) is 4.12. The van der Waals surface area contributed by atoms with Crippen LogP contribution in [0.25, 0.3) is 0 Å². The summed E-state index contributed by atoms with van der Waals surface area (Å²) in [7, 11) is 0. The first-order valence-corrected chi connectivity index (χ1v) is 4.87. The maximum Gasteiger partial charge on any atom is 0.419 e. The van der Waals surface area contributed by atoms with Crippen LogP contribution >= 0.6 is 12.2 Å². The van der Waals surface area contributed by atoms with E-state index in [1.165, 1.54) is 6.07 Å². The number of halogens is 4. The third kappa shape index (κ3) is 2.99. The van der Waals surface area contributed by atoms with Crippen LogP contribution in [0.4, 0.5) is 17.6 Å². The van der Waals surface area contributed by atoms with Gasteiger partial charge in [-0.05, 0) is 30.7 Å². The molecule has 16 heavy (non-hydrogen) atoms. The van der Waals surface area contributed by atoms with Gasteiger partial charge < -0.3 is 5.73 Å². The maximum atomic E-state index is 12.9. The number of hydrogen-bond acceptors (Lipinski definition) is 2. The third-order valence-corrected chi connectivity index (χ3v) is 2.40. The lowest BCUT2D eigenvalue weighted by Crippen LogP contribution is -2.12. The second-order valence-corrected chi connectivity index (χ2v) is 3.65.